The lowest BCUT2D eigenvalue weighted by Gasteiger charge is -2.43. The van der Waals surface area contributed by atoms with E-state index in [0.29, 0.717) is 6.54 Å². The molecule has 6 heteroatoms. The molecule has 0 aromatic carbocycles. The van der Waals surface area contributed by atoms with E-state index < -0.39 is 28.9 Å². The number of ether oxygens (including phenoxy) is 1. The molecule has 0 aromatic rings. The molecule has 122 valence electrons. The van der Waals surface area contributed by atoms with Gasteiger partial charge >= 0.3 is 5.97 Å². The summed E-state index contributed by atoms with van der Waals surface area (Å²) >= 11 is 0. The summed E-state index contributed by atoms with van der Waals surface area (Å²) in [6.45, 7) is 10.1. The van der Waals surface area contributed by atoms with Gasteiger partial charge in [0.1, 0.15) is 5.92 Å². The number of hydrogen-bond acceptors (Lipinski definition) is 4. The van der Waals surface area contributed by atoms with E-state index in [1.54, 1.807) is 4.90 Å². The molecule has 1 saturated heterocycles. The van der Waals surface area contributed by atoms with Gasteiger partial charge in [0.2, 0.25) is 5.91 Å². The van der Waals surface area contributed by atoms with E-state index in [-0.39, 0.29) is 19.1 Å². The van der Waals surface area contributed by atoms with Gasteiger partial charge in [-0.3, -0.25) is 9.59 Å². The first kappa shape index (κ1) is 17.9. The molecule has 1 aliphatic rings. The standard InChI is InChI=1S/C15H28N2O4/c1-6-7-17(11-9-21-8-10(11)12(18)19)13(20)14(2,3)15(4,5)16/h10-11H,6-9,16H2,1-5H3,(H,18,19). The van der Waals surface area contributed by atoms with Crippen LogP contribution in [0.5, 0.6) is 0 Å². The predicted octanol–water partition coefficient (Wildman–Crippen LogP) is 1.09. The molecule has 0 spiro atoms. The van der Waals surface area contributed by atoms with Crippen molar-refractivity contribution in [3.8, 4) is 0 Å². The van der Waals surface area contributed by atoms with E-state index in [0.717, 1.165) is 6.42 Å². The van der Waals surface area contributed by atoms with Gasteiger partial charge in [-0.15, -0.1) is 0 Å². The van der Waals surface area contributed by atoms with Crippen LogP contribution in [0.1, 0.15) is 41.0 Å². The van der Waals surface area contributed by atoms with Gasteiger partial charge < -0.3 is 20.5 Å². The lowest BCUT2D eigenvalue weighted by Crippen LogP contribution is -2.59. The van der Waals surface area contributed by atoms with Crippen molar-refractivity contribution < 1.29 is 19.4 Å². The number of carboxylic acids is 1. The summed E-state index contributed by atoms with van der Waals surface area (Å²) in [4.78, 5) is 26.0. The molecule has 2 unspecified atom stereocenters. The summed E-state index contributed by atoms with van der Waals surface area (Å²) in [5.41, 5.74) is 4.66. The molecule has 0 radical (unpaired) electrons. The highest BCUT2D eigenvalue weighted by molar-refractivity contribution is 5.84. The average Bonchev–Trinajstić information content (AvgIpc) is 2.82. The van der Waals surface area contributed by atoms with Gasteiger partial charge in [-0.1, -0.05) is 6.92 Å². The van der Waals surface area contributed by atoms with Gasteiger partial charge in [0, 0.05) is 12.1 Å². The Kier molecular flexibility index (Phi) is 5.39. The van der Waals surface area contributed by atoms with Crippen LogP contribution in [-0.2, 0) is 14.3 Å². The van der Waals surface area contributed by atoms with Crippen LogP contribution in [-0.4, -0.2) is 53.2 Å². The number of amides is 1. The Morgan fingerprint density at radius 3 is 2.29 bits per heavy atom. The molecule has 3 N–H and O–H groups in total. The highest BCUT2D eigenvalue weighted by Crippen LogP contribution is 2.33. The van der Waals surface area contributed by atoms with Crippen LogP contribution in [0.15, 0.2) is 0 Å². The molecule has 1 heterocycles. The third-order valence-electron chi connectivity index (χ3n) is 4.64. The molecule has 1 rings (SSSR count). The van der Waals surface area contributed by atoms with Crippen molar-refractivity contribution in [2.24, 2.45) is 17.1 Å². The van der Waals surface area contributed by atoms with Gasteiger partial charge in [-0.2, -0.15) is 0 Å². The number of carboxylic acid groups (broad SMARTS) is 1. The van der Waals surface area contributed by atoms with Crippen LogP contribution in [0.25, 0.3) is 0 Å². The highest BCUT2D eigenvalue weighted by Gasteiger charge is 2.47. The van der Waals surface area contributed by atoms with Crippen LogP contribution in [0.2, 0.25) is 0 Å². The maximum absolute atomic E-state index is 13.0. The first-order chi connectivity index (χ1) is 9.54. The Balaban J connectivity index is 3.07. The van der Waals surface area contributed by atoms with Crippen LogP contribution in [0.4, 0.5) is 0 Å². The van der Waals surface area contributed by atoms with Crippen LogP contribution < -0.4 is 5.73 Å². The van der Waals surface area contributed by atoms with Gasteiger partial charge in [0.25, 0.3) is 0 Å². The molecule has 6 nitrogen and oxygen atoms in total. The predicted molar refractivity (Wildman–Crippen MR) is 79.8 cm³/mol. The second-order valence-corrected chi connectivity index (χ2v) is 6.89. The molecule has 1 amide bonds. The summed E-state index contributed by atoms with van der Waals surface area (Å²) in [6.07, 6.45) is 0.760. The largest absolute Gasteiger partial charge is 0.481 e. The smallest absolute Gasteiger partial charge is 0.311 e. The van der Waals surface area contributed by atoms with Gasteiger partial charge in [0.15, 0.2) is 0 Å². The second kappa shape index (κ2) is 6.32. The topological polar surface area (TPSA) is 92.9 Å². The number of carbonyl (C=O) groups is 2. The molecule has 1 fully saturated rings. The van der Waals surface area contributed by atoms with Crippen LogP contribution >= 0.6 is 0 Å². The van der Waals surface area contributed by atoms with Crippen molar-refractivity contribution in [3.63, 3.8) is 0 Å². The lowest BCUT2D eigenvalue weighted by atomic mass is 9.73. The molecule has 0 saturated carbocycles. The number of carbonyl (C=O) groups excluding carboxylic acids is 1. The molecule has 0 aromatic heterocycles. The molecule has 0 bridgehead atoms. The first-order valence-corrected chi connectivity index (χ1v) is 7.44. The Bertz CT molecular complexity index is 401. The zero-order valence-electron chi connectivity index (χ0n) is 13.7. The van der Waals surface area contributed by atoms with Gasteiger partial charge in [0.05, 0.1) is 24.7 Å². The quantitative estimate of drug-likeness (QED) is 0.766. The van der Waals surface area contributed by atoms with Crippen LogP contribution in [0, 0.1) is 11.3 Å². The number of nitrogens with two attached hydrogens (primary N) is 1. The van der Waals surface area contributed by atoms with E-state index >= 15 is 0 Å². The summed E-state index contributed by atoms with van der Waals surface area (Å²) in [5.74, 6) is -1.70. The third kappa shape index (κ3) is 3.55. The summed E-state index contributed by atoms with van der Waals surface area (Å²) in [5, 5.41) is 9.30. The van der Waals surface area contributed by atoms with Crippen molar-refractivity contribution >= 4 is 11.9 Å². The Morgan fingerprint density at radius 2 is 1.86 bits per heavy atom. The zero-order chi connectivity index (χ0) is 16.4. The van der Waals surface area contributed by atoms with Gasteiger partial charge in [-0.05, 0) is 34.1 Å². The third-order valence-corrected chi connectivity index (χ3v) is 4.64. The highest BCUT2D eigenvalue weighted by atomic mass is 16.5. The SMILES string of the molecule is CCCN(C(=O)C(C)(C)C(C)(C)N)C1COCC1C(=O)O. The normalized spacial score (nSPS) is 23.1. The van der Waals surface area contributed by atoms with Gasteiger partial charge in [-0.25, -0.2) is 0 Å². The van der Waals surface area contributed by atoms with E-state index in [1.807, 2.05) is 34.6 Å². The minimum Gasteiger partial charge on any atom is -0.481 e. The molecule has 0 aliphatic carbocycles. The summed E-state index contributed by atoms with van der Waals surface area (Å²) in [7, 11) is 0. The summed E-state index contributed by atoms with van der Waals surface area (Å²) in [6, 6.07) is -0.420. The van der Waals surface area contributed by atoms with Crippen molar-refractivity contribution in [2.75, 3.05) is 19.8 Å². The van der Waals surface area contributed by atoms with E-state index in [9.17, 15) is 14.7 Å². The molecular formula is C15H28N2O4. The van der Waals surface area contributed by atoms with E-state index in [2.05, 4.69) is 0 Å². The average molecular weight is 300 g/mol. The van der Waals surface area contributed by atoms with Crippen molar-refractivity contribution in [3.05, 3.63) is 0 Å². The maximum atomic E-state index is 13.0. The Morgan fingerprint density at radius 1 is 1.29 bits per heavy atom. The van der Waals surface area contributed by atoms with Crippen molar-refractivity contribution in [1.82, 2.24) is 4.90 Å². The monoisotopic (exact) mass is 300 g/mol. The van der Waals surface area contributed by atoms with E-state index in [4.69, 9.17) is 10.5 Å². The first-order valence-electron chi connectivity index (χ1n) is 7.44. The molecular weight excluding hydrogens is 272 g/mol. The van der Waals surface area contributed by atoms with Crippen molar-refractivity contribution in [2.45, 2.75) is 52.6 Å². The summed E-state index contributed by atoms with van der Waals surface area (Å²) < 4.78 is 5.30. The fourth-order valence-electron chi connectivity index (χ4n) is 2.38. The Hall–Kier alpha value is -1.14. The number of rotatable bonds is 6. The molecule has 2 atom stereocenters. The fourth-order valence-corrected chi connectivity index (χ4v) is 2.38. The Labute approximate surface area is 126 Å². The minimum atomic E-state index is -0.920. The second-order valence-electron chi connectivity index (χ2n) is 6.89. The lowest BCUT2D eigenvalue weighted by molar-refractivity contribution is -0.150. The number of hydrogen-bond donors (Lipinski definition) is 2. The van der Waals surface area contributed by atoms with Crippen molar-refractivity contribution in [1.29, 1.82) is 0 Å². The fraction of sp³-hybridized carbons (Fsp3) is 0.867. The van der Waals surface area contributed by atoms with Crippen LogP contribution in [0.3, 0.4) is 0 Å². The number of aliphatic carboxylic acids is 1. The number of nitrogens with zero attached hydrogens (tertiary/aromatic N) is 1. The molecule has 21 heavy (non-hydrogen) atoms. The zero-order valence-corrected chi connectivity index (χ0v) is 13.7. The maximum Gasteiger partial charge on any atom is 0.311 e. The molecule has 1 aliphatic heterocycles. The van der Waals surface area contributed by atoms with E-state index in [1.165, 1.54) is 0 Å². The minimum absolute atomic E-state index is 0.112.